The van der Waals surface area contributed by atoms with Gasteiger partial charge in [-0.1, -0.05) is 0 Å². The molecule has 2 aliphatic rings. The van der Waals surface area contributed by atoms with Crippen molar-refractivity contribution >= 4 is 35.4 Å². The average molecular weight is 482 g/mol. The molecule has 2 fully saturated rings. The number of rotatable bonds is 9. The van der Waals surface area contributed by atoms with Crippen LogP contribution in [-0.2, 0) is 28.8 Å². The van der Waals surface area contributed by atoms with Crippen molar-refractivity contribution in [1.29, 1.82) is 0 Å². The average Bonchev–Trinajstić information content (AvgIpc) is 3.47. The van der Waals surface area contributed by atoms with Crippen molar-refractivity contribution in [2.45, 2.75) is 76.7 Å². The molecular weight excluding hydrogens is 446 g/mol. The van der Waals surface area contributed by atoms with E-state index < -0.39 is 59.7 Å². The van der Waals surface area contributed by atoms with Gasteiger partial charge in [-0.05, 0) is 46.5 Å². The Hall–Kier alpha value is -3.22. The van der Waals surface area contributed by atoms with Gasteiger partial charge >= 0.3 is 0 Å². The van der Waals surface area contributed by atoms with Gasteiger partial charge in [0.05, 0.1) is 6.54 Å². The van der Waals surface area contributed by atoms with E-state index in [0.717, 1.165) is 0 Å². The van der Waals surface area contributed by atoms with Crippen molar-refractivity contribution in [2.75, 3.05) is 19.6 Å². The van der Waals surface area contributed by atoms with E-state index in [1.807, 2.05) is 0 Å². The fourth-order valence-electron chi connectivity index (χ4n) is 4.22. The molecule has 7 N–H and O–H groups in total. The number of hydrogen-bond donors (Lipinski definition) is 5. The van der Waals surface area contributed by atoms with E-state index in [0.29, 0.717) is 38.8 Å². The van der Waals surface area contributed by atoms with E-state index in [1.54, 1.807) is 0 Å². The van der Waals surface area contributed by atoms with Crippen LogP contribution < -0.4 is 27.4 Å². The topological polar surface area (TPSA) is 197 Å². The smallest absolute Gasteiger partial charge is 0.246 e. The molecule has 34 heavy (non-hydrogen) atoms. The summed E-state index contributed by atoms with van der Waals surface area (Å²) in [5.74, 6) is -2.98. The third kappa shape index (κ3) is 6.43. The minimum Gasteiger partial charge on any atom is -0.368 e. The molecule has 190 valence electrons. The second-order valence-corrected chi connectivity index (χ2v) is 8.74. The Kier molecular flexibility index (Phi) is 9.36. The number of nitrogens with one attached hydrogen (secondary N) is 3. The Morgan fingerprint density at radius 1 is 0.794 bits per heavy atom. The van der Waals surface area contributed by atoms with Crippen LogP contribution >= 0.6 is 0 Å². The molecule has 0 radical (unpaired) electrons. The number of nitrogens with zero attached hydrogens (tertiary/aromatic N) is 2. The predicted molar refractivity (Wildman–Crippen MR) is 121 cm³/mol. The second-order valence-electron chi connectivity index (χ2n) is 8.74. The van der Waals surface area contributed by atoms with Crippen molar-refractivity contribution in [1.82, 2.24) is 25.8 Å². The van der Waals surface area contributed by atoms with Gasteiger partial charge in [0.2, 0.25) is 35.4 Å². The molecule has 0 saturated carbocycles. The minimum atomic E-state index is -0.975. The van der Waals surface area contributed by atoms with E-state index in [9.17, 15) is 28.8 Å². The Balaban J connectivity index is 1.94. The third-order valence-electron chi connectivity index (χ3n) is 6.12. The van der Waals surface area contributed by atoms with Crippen LogP contribution in [0.4, 0.5) is 0 Å². The normalized spacial score (nSPS) is 22.5. The molecule has 5 atom stereocenters. The van der Waals surface area contributed by atoms with Crippen molar-refractivity contribution in [3.05, 3.63) is 0 Å². The molecule has 0 unspecified atom stereocenters. The maximum Gasteiger partial charge on any atom is 0.246 e. The largest absolute Gasteiger partial charge is 0.368 e. The zero-order valence-electron chi connectivity index (χ0n) is 19.8. The Labute approximate surface area is 198 Å². The first kappa shape index (κ1) is 27.0. The molecule has 0 bridgehead atoms. The summed E-state index contributed by atoms with van der Waals surface area (Å²) in [6.45, 7) is 4.90. The minimum absolute atomic E-state index is 0.270. The third-order valence-corrected chi connectivity index (χ3v) is 6.12. The summed E-state index contributed by atoms with van der Waals surface area (Å²) in [5.41, 5.74) is 10.6. The lowest BCUT2D eigenvalue weighted by Crippen LogP contribution is -2.57. The lowest BCUT2D eigenvalue weighted by molar-refractivity contribution is -0.147. The van der Waals surface area contributed by atoms with Crippen LogP contribution in [0.1, 0.15) is 46.5 Å². The maximum atomic E-state index is 13.1. The van der Waals surface area contributed by atoms with E-state index in [-0.39, 0.29) is 12.5 Å². The van der Waals surface area contributed by atoms with Crippen LogP contribution in [-0.4, -0.2) is 95.1 Å². The van der Waals surface area contributed by atoms with Gasteiger partial charge in [-0.15, -0.1) is 0 Å². The maximum absolute atomic E-state index is 13.1. The van der Waals surface area contributed by atoms with Gasteiger partial charge in [-0.2, -0.15) is 0 Å². The molecule has 2 rings (SSSR count). The highest BCUT2D eigenvalue weighted by Crippen LogP contribution is 2.25. The molecule has 2 aliphatic heterocycles. The van der Waals surface area contributed by atoms with Crippen LogP contribution in [0, 0.1) is 0 Å². The lowest BCUT2D eigenvalue weighted by atomic mass is 10.1. The number of carbonyl (C=O) groups is 6. The number of hydrogen-bond acceptors (Lipinski definition) is 7. The number of amides is 6. The molecular formula is C21H35N7O6. The highest BCUT2D eigenvalue weighted by atomic mass is 16.2. The Bertz CT molecular complexity index is 834. The van der Waals surface area contributed by atoms with E-state index >= 15 is 0 Å². The van der Waals surface area contributed by atoms with Crippen molar-refractivity contribution in [2.24, 2.45) is 11.5 Å². The summed E-state index contributed by atoms with van der Waals surface area (Å²) in [5, 5.41) is 7.41. The SMILES string of the molecule is C[C@H](NC(=O)CN)C(=O)N[C@@H](C)C(=O)N[C@@H](C)C(=O)N1CCC[C@H]1C(=O)N1CCC[C@H]1C(N)=O. The predicted octanol–water partition coefficient (Wildman–Crippen LogP) is -3.07. The van der Waals surface area contributed by atoms with Crippen LogP contribution in [0.25, 0.3) is 0 Å². The quantitative estimate of drug-likeness (QED) is 0.230. The first-order valence-corrected chi connectivity index (χ1v) is 11.5. The van der Waals surface area contributed by atoms with Gasteiger partial charge in [0.1, 0.15) is 30.2 Å². The van der Waals surface area contributed by atoms with Crippen LogP contribution in [0.5, 0.6) is 0 Å². The highest BCUT2D eigenvalue weighted by Gasteiger charge is 2.42. The van der Waals surface area contributed by atoms with Crippen molar-refractivity contribution in [3.8, 4) is 0 Å². The molecule has 2 heterocycles. The number of nitrogens with two attached hydrogens (primary N) is 2. The van der Waals surface area contributed by atoms with E-state index in [2.05, 4.69) is 16.0 Å². The zero-order chi connectivity index (χ0) is 25.6. The second kappa shape index (κ2) is 11.8. The molecule has 0 aliphatic carbocycles. The van der Waals surface area contributed by atoms with Gasteiger partial charge in [-0.25, -0.2) is 0 Å². The van der Waals surface area contributed by atoms with E-state index in [1.165, 1.54) is 30.6 Å². The van der Waals surface area contributed by atoms with Crippen molar-refractivity contribution < 1.29 is 28.8 Å². The summed E-state index contributed by atoms with van der Waals surface area (Å²) in [6, 6.07) is -4.19. The molecule has 0 aromatic carbocycles. The molecule has 0 spiro atoms. The summed E-state index contributed by atoms with van der Waals surface area (Å²) in [7, 11) is 0. The summed E-state index contributed by atoms with van der Waals surface area (Å²) in [6.07, 6.45) is 2.26. The van der Waals surface area contributed by atoms with Gasteiger partial charge in [0.25, 0.3) is 0 Å². The molecule has 0 aromatic rings. The molecule has 6 amide bonds. The summed E-state index contributed by atoms with van der Waals surface area (Å²) in [4.78, 5) is 76.6. The fourth-order valence-corrected chi connectivity index (χ4v) is 4.22. The molecule has 0 aromatic heterocycles. The van der Waals surface area contributed by atoms with E-state index in [4.69, 9.17) is 11.5 Å². The zero-order valence-corrected chi connectivity index (χ0v) is 19.8. The van der Waals surface area contributed by atoms with Gasteiger partial charge in [0, 0.05) is 13.1 Å². The van der Waals surface area contributed by atoms with Crippen molar-refractivity contribution in [3.63, 3.8) is 0 Å². The van der Waals surface area contributed by atoms with Gasteiger partial charge in [-0.3, -0.25) is 28.8 Å². The molecule has 13 nitrogen and oxygen atoms in total. The first-order valence-electron chi connectivity index (χ1n) is 11.5. The number of carbonyl (C=O) groups excluding carboxylic acids is 6. The van der Waals surface area contributed by atoms with Crippen LogP contribution in [0.15, 0.2) is 0 Å². The number of primary amides is 1. The Morgan fingerprint density at radius 2 is 1.29 bits per heavy atom. The standard InChI is InChI=1S/C21H35N7O6/c1-11(24-16(29)10-22)18(31)25-12(2)19(32)26-13(3)20(33)28-9-5-7-15(28)21(34)27-8-4-6-14(27)17(23)30/h11-15H,4-10,22H2,1-3H3,(H2,23,30)(H,24,29)(H,25,31)(H,26,32)/t11-,12-,13-,14-,15-/m0/s1. The lowest BCUT2D eigenvalue weighted by Gasteiger charge is -2.32. The van der Waals surface area contributed by atoms with Crippen LogP contribution in [0.2, 0.25) is 0 Å². The van der Waals surface area contributed by atoms with Crippen LogP contribution in [0.3, 0.4) is 0 Å². The van der Waals surface area contributed by atoms with Gasteiger partial charge in [0.15, 0.2) is 0 Å². The first-order chi connectivity index (χ1) is 16.0. The Morgan fingerprint density at radius 3 is 1.85 bits per heavy atom. The fraction of sp³-hybridized carbons (Fsp3) is 0.714. The molecule has 2 saturated heterocycles. The summed E-state index contributed by atoms with van der Waals surface area (Å²) < 4.78 is 0. The monoisotopic (exact) mass is 481 g/mol. The molecule has 13 heteroatoms. The number of likely N-dealkylation sites (tertiary alicyclic amines) is 2. The summed E-state index contributed by atoms with van der Waals surface area (Å²) >= 11 is 0. The highest BCUT2D eigenvalue weighted by molar-refractivity contribution is 5.96. The van der Waals surface area contributed by atoms with Gasteiger partial charge < -0.3 is 37.2 Å².